The van der Waals surface area contributed by atoms with Gasteiger partial charge in [0.1, 0.15) is 18.8 Å². The Morgan fingerprint density at radius 3 is 2.84 bits per heavy atom. The van der Waals surface area contributed by atoms with Crippen LogP contribution in [-0.2, 0) is 20.9 Å². The number of carbonyl (C=O) groups excluding carboxylic acids is 1. The molecule has 3 aromatic rings. The zero-order valence-corrected chi connectivity index (χ0v) is 18.0. The molecule has 0 aliphatic carbocycles. The second-order valence-electron chi connectivity index (χ2n) is 7.45. The molecule has 10 heteroatoms. The molecular weight excluding hydrogens is 412 g/mol. The number of hydrogen-bond donors (Lipinski definition) is 2. The number of rotatable bonds is 7. The van der Waals surface area contributed by atoms with Gasteiger partial charge in [0, 0.05) is 41.8 Å². The van der Waals surface area contributed by atoms with Gasteiger partial charge in [-0.3, -0.25) is 9.99 Å². The first-order valence-corrected chi connectivity index (χ1v) is 10.0. The highest BCUT2D eigenvalue weighted by atomic mass is 16.6. The second kappa shape index (κ2) is 9.25. The van der Waals surface area contributed by atoms with Crippen LogP contribution < -0.4 is 5.32 Å². The highest BCUT2D eigenvalue weighted by molar-refractivity contribution is 5.92. The maximum atomic E-state index is 11.3. The van der Waals surface area contributed by atoms with E-state index in [0.29, 0.717) is 5.82 Å². The summed E-state index contributed by atoms with van der Waals surface area (Å²) in [5, 5.41) is 20.2. The number of hydrazone groups is 1. The Morgan fingerprint density at radius 2 is 2.09 bits per heavy atom. The van der Waals surface area contributed by atoms with E-state index in [1.165, 1.54) is 18.4 Å². The van der Waals surface area contributed by atoms with Gasteiger partial charge in [0.05, 0.1) is 25.2 Å². The Hall–Kier alpha value is -3.63. The molecule has 0 spiro atoms. The van der Waals surface area contributed by atoms with Crippen LogP contribution in [0.2, 0.25) is 0 Å². The van der Waals surface area contributed by atoms with Crippen molar-refractivity contribution in [3.05, 3.63) is 53.6 Å². The number of benzene rings is 1. The van der Waals surface area contributed by atoms with Gasteiger partial charge in [-0.2, -0.15) is 5.10 Å². The van der Waals surface area contributed by atoms with E-state index in [-0.39, 0.29) is 19.1 Å². The predicted octanol–water partition coefficient (Wildman–Crippen LogP) is 2.10. The molecule has 0 fully saturated rings. The van der Waals surface area contributed by atoms with Crippen LogP contribution in [0.4, 0.5) is 11.5 Å². The van der Waals surface area contributed by atoms with E-state index in [2.05, 4.69) is 30.1 Å². The van der Waals surface area contributed by atoms with Gasteiger partial charge in [0.2, 0.25) is 0 Å². The summed E-state index contributed by atoms with van der Waals surface area (Å²) >= 11 is 0. The lowest BCUT2D eigenvalue weighted by molar-refractivity contribution is -0.146. The number of aliphatic hydroxyl groups is 1. The molecule has 4 rings (SSSR count). The van der Waals surface area contributed by atoms with Gasteiger partial charge in [-0.05, 0) is 30.7 Å². The second-order valence-corrected chi connectivity index (χ2v) is 7.45. The van der Waals surface area contributed by atoms with Crippen LogP contribution in [0.25, 0.3) is 10.9 Å². The Morgan fingerprint density at radius 1 is 1.25 bits per heavy atom. The summed E-state index contributed by atoms with van der Waals surface area (Å²) in [4.78, 5) is 24.5. The number of nitrogens with zero attached hydrogens (tertiary/aromatic N) is 5. The number of fused-ring (bicyclic) bond motifs is 1. The fourth-order valence-electron chi connectivity index (χ4n) is 3.44. The van der Waals surface area contributed by atoms with Crippen molar-refractivity contribution in [2.24, 2.45) is 5.10 Å². The maximum Gasteiger partial charge on any atom is 0.331 e. The van der Waals surface area contributed by atoms with Crippen LogP contribution >= 0.6 is 0 Å². The van der Waals surface area contributed by atoms with Crippen molar-refractivity contribution in [2.45, 2.75) is 25.7 Å². The summed E-state index contributed by atoms with van der Waals surface area (Å²) in [5.41, 5.74) is 4.01. The SMILES string of the molecule is COC(=O)COCc1cnc(C)cc1Nc1ncnc2ccc(C3C=NN(C)C3O)cc12. The summed E-state index contributed by atoms with van der Waals surface area (Å²) < 4.78 is 10.1. The summed E-state index contributed by atoms with van der Waals surface area (Å²) in [6.45, 7) is 1.91. The Balaban J connectivity index is 1.64. The minimum atomic E-state index is -0.727. The van der Waals surface area contributed by atoms with Crippen LogP contribution in [0.5, 0.6) is 0 Å². The molecule has 0 saturated heterocycles. The third-order valence-corrected chi connectivity index (χ3v) is 5.24. The maximum absolute atomic E-state index is 11.3. The van der Waals surface area contributed by atoms with E-state index in [0.717, 1.165) is 33.4 Å². The number of pyridine rings is 1. The molecule has 166 valence electrons. The monoisotopic (exact) mass is 436 g/mol. The number of hydrogen-bond acceptors (Lipinski definition) is 10. The summed E-state index contributed by atoms with van der Waals surface area (Å²) in [6.07, 6.45) is 4.19. The fourth-order valence-corrected chi connectivity index (χ4v) is 3.44. The van der Waals surface area contributed by atoms with Gasteiger partial charge in [0.15, 0.2) is 6.23 Å². The molecule has 1 aliphatic heterocycles. The highest BCUT2D eigenvalue weighted by Crippen LogP contribution is 2.31. The van der Waals surface area contributed by atoms with Gasteiger partial charge < -0.3 is 19.9 Å². The smallest absolute Gasteiger partial charge is 0.331 e. The number of anilines is 2. The van der Waals surface area contributed by atoms with Gasteiger partial charge in [-0.25, -0.2) is 14.8 Å². The minimum Gasteiger partial charge on any atom is -0.467 e. The topological polar surface area (TPSA) is 122 Å². The van der Waals surface area contributed by atoms with E-state index >= 15 is 0 Å². The first kappa shape index (κ1) is 21.6. The first-order chi connectivity index (χ1) is 15.5. The largest absolute Gasteiger partial charge is 0.467 e. The third kappa shape index (κ3) is 4.51. The van der Waals surface area contributed by atoms with Crippen molar-refractivity contribution in [1.82, 2.24) is 20.0 Å². The highest BCUT2D eigenvalue weighted by Gasteiger charge is 2.28. The zero-order chi connectivity index (χ0) is 22.7. The number of carbonyl (C=O) groups is 1. The third-order valence-electron chi connectivity index (χ3n) is 5.24. The molecule has 0 radical (unpaired) electrons. The summed E-state index contributed by atoms with van der Waals surface area (Å²) in [5.74, 6) is -0.0884. The number of aryl methyl sites for hydroxylation is 1. The molecule has 10 nitrogen and oxygen atoms in total. The quantitative estimate of drug-likeness (QED) is 0.536. The van der Waals surface area contributed by atoms with Gasteiger partial charge >= 0.3 is 5.97 Å². The van der Waals surface area contributed by atoms with Crippen LogP contribution in [0.15, 0.2) is 41.9 Å². The van der Waals surface area contributed by atoms with Crippen LogP contribution in [0.1, 0.15) is 22.7 Å². The van der Waals surface area contributed by atoms with E-state index in [1.807, 2.05) is 31.2 Å². The molecular formula is C22H24N6O4. The van der Waals surface area contributed by atoms with Crippen molar-refractivity contribution < 1.29 is 19.4 Å². The molecule has 2 aromatic heterocycles. The summed E-state index contributed by atoms with van der Waals surface area (Å²) in [6, 6.07) is 7.67. The predicted molar refractivity (Wildman–Crippen MR) is 118 cm³/mol. The standard InChI is InChI=1S/C22H24N6O4/c1-13-6-19(15(8-23-13)10-32-11-20(29)31-3)27-21-16-7-14(4-5-18(16)24-12-25-21)17-9-26-28(2)22(17)30/h4-9,12,17,22,30H,10-11H2,1-3H3,(H,23,24,25,27). The van der Waals surface area contributed by atoms with E-state index in [9.17, 15) is 9.90 Å². The van der Waals surface area contributed by atoms with Gasteiger partial charge in [-0.15, -0.1) is 0 Å². The molecule has 1 aliphatic rings. The number of aromatic nitrogens is 3. The molecule has 0 bridgehead atoms. The average Bonchev–Trinajstić information content (AvgIpc) is 3.13. The van der Waals surface area contributed by atoms with Crippen molar-refractivity contribution >= 4 is 34.6 Å². The number of methoxy groups -OCH3 is 1. The Kier molecular flexibility index (Phi) is 6.24. The number of esters is 1. The lowest BCUT2D eigenvalue weighted by Crippen LogP contribution is -2.27. The number of aliphatic hydroxyl groups excluding tert-OH is 1. The van der Waals surface area contributed by atoms with Gasteiger partial charge in [-0.1, -0.05) is 6.07 Å². The Labute approximate surface area is 184 Å². The molecule has 0 saturated carbocycles. The average molecular weight is 436 g/mol. The van der Waals surface area contributed by atoms with Gasteiger partial charge in [0.25, 0.3) is 0 Å². The number of nitrogens with one attached hydrogen (secondary N) is 1. The van der Waals surface area contributed by atoms with Crippen LogP contribution in [0.3, 0.4) is 0 Å². The molecule has 2 N–H and O–H groups in total. The van der Waals surface area contributed by atoms with E-state index in [1.54, 1.807) is 19.5 Å². The Bertz CT molecular complexity index is 1170. The van der Waals surface area contributed by atoms with Crippen LogP contribution in [-0.4, -0.2) is 64.2 Å². The molecule has 2 unspecified atom stereocenters. The molecule has 2 atom stereocenters. The van der Waals surface area contributed by atoms with Crippen molar-refractivity contribution in [3.8, 4) is 0 Å². The normalized spacial score (nSPS) is 17.7. The number of ether oxygens (including phenoxy) is 2. The molecule has 1 aromatic carbocycles. The lowest BCUT2D eigenvalue weighted by Gasteiger charge is -2.19. The van der Waals surface area contributed by atoms with Crippen molar-refractivity contribution in [3.63, 3.8) is 0 Å². The van der Waals surface area contributed by atoms with E-state index in [4.69, 9.17) is 4.74 Å². The number of likely N-dealkylation sites (N-methyl/N-ethyl adjacent to an activating group) is 1. The fraction of sp³-hybridized carbons (Fsp3) is 0.318. The van der Waals surface area contributed by atoms with Crippen LogP contribution in [0, 0.1) is 6.92 Å². The summed E-state index contributed by atoms with van der Waals surface area (Å²) in [7, 11) is 3.04. The van der Waals surface area contributed by atoms with E-state index < -0.39 is 12.2 Å². The lowest BCUT2D eigenvalue weighted by atomic mass is 9.97. The molecule has 32 heavy (non-hydrogen) atoms. The molecule has 0 amide bonds. The minimum absolute atomic E-state index is 0.149. The first-order valence-electron chi connectivity index (χ1n) is 10.0. The molecule has 3 heterocycles. The zero-order valence-electron chi connectivity index (χ0n) is 18.0. The van der Waals surface area contributed by atoms with Crippen molar-refractivity contribution in [2.75, 3.05) is 26.1 Å². The van der Waals surface area contributed by atoms with Crippen molar-refractivity contribution in [1.29, 1.82) is 0 Å².